The van der Waals surface area contributed by atoms with Crippen LogP contribution in [0.15, 0.2) is 24.3 Å². The molecule has 8 nitrogen and oxygen atoms in total. The Morgan fingerprint density at radius 1 is 0.465 bits per heavy atom. The average Bonchev–Trinajstić information content (AvgIpc) is 3.33. The minimum atomic E-state index is -4.35. The lowest BCUT2D eigenvalue weighted by atomic mass is 10.0. The molecule has 0 aromatic carbocycles. The highest BCUT2D eigenvalue weighted by Crippen LogP contribution is 2.43. The van der Waals surface area contributed by atoms with E-state index in [1.807, 2.05) is 27.2 Å². The van der Waals surface area contributed by atoms with E-state index in [2.05, 4.69) is 31.3 Å². The number of unbranched alkanes of at least 4 members (excludes halogenated alkanes) is 43. The number of phosphoric ester groups is 1. The molecule has 71 heavy (non-hydrogen) atoms. The normalized spacial score (nSPS) is 14.0. The highest BCUT2D eigenvalue weighted by atomic mass is 31.2. The van der Waals surface area contributed by atoms with E-state index in [1.165, 1.54) is 257 Å². The van der Waals surface area contributed by atoms with E-state index in [0.29, 0.717) is 17.4 Å². The summed E-state index contributed by atoms with van der Waals surface area (Å²) >= 11 is 0. The molecule has 1 amide bonds. The molecule has 3 N–H and O–H groups in total. The molecular formula is C62H124N2O6P+. The summed E-state index contributed by atoms with van der Waals surface area (Å²) in [6.45, 7) is 4.85. The summed E-state index contributed by atoms with van der Waals surface area (Å²) in [6, 6.07) is -0.861. The van der Waals surface area contributed by atoms with Crippen LogP contribution in [-0.2, 0) is 18.4 Å². The first-order valence-corrected chi connectivity index (χ1v) is 32.7. The second-order valence-corrected chi connectivity index (χ2v) is 24.2. The predicted molar refractivity (Wildman–Crippen MR) is 309 cm³/mol. The van der Waals surface area contributed by atoms with Crippen molar-refractivity contribution in [2.24, 2.45) is 0 Å². The van der Waals surface area contributed by atoms with Crippen molar-refractivity contribution in [3.05, 3.63) is 24.3 Å². The summed E-state index contributed by atoms with van der Waals surface area (Å²) in [5.41, 5.74) is 0. The summed E-state index contributed by atoms with van der Waals surface area (Å²) in [7, 11) is 1.57. The first-order chi connectivity index (χ1) is 34.5. The van der Waals surface area contributed by atoms with Gasteiger partial charge >= 0.3 is 7.82 Å². The van der Waals surface area contributed by atoms with Crippen molar-refractivity contribution in [2.75, 3.05) is 40.9 Å². The lowest BCUT2D eigenvalue weighted by Crippen LogP contribution is -2.45. The number of carbonyl (C=O) groups excluding carboxylic acids is 1. The van der Waals surface area contributed by atoms with Gasteiger partial charge in [-0.25, -0.2) is 4.57 Å². The highest BCUT2D eigenvalue weighted by molar-refractivity contribution is 7.47. The molecule has 0 aliphatic heterocycles. The van der Waals surface area contributed by atoms with Gasteiger partial charge in [0.05, 0.1) is 39.9 Å². The third-order valence-electron chi connectivity index (χ3n) is 14.4. The molecular weight excluding hydrogens is 900 g/mol. The van der Waals surface area contributed by atoms with Crippen LogP contribution in [0.2, 0.25) is 0 Å². The number of quaternary nitrogens is 1. The number of amides is 1. The quantitative estimate of drug-likeness (QED) is 0.0243. The van der Waals surface area contributed by atoms with E-state index in [9.17, 15) is 19.4 Å². The predicted octanol–water partition coefficient (Wildman–Crippen LogP) is 19.2. The van der Waals surface area contributed by atoms with Crippen molar-refractivity contribution in [3.8, 4) is 0 Å². The third kappa shape index (κ3) is 56.5. The van der Waals surface area contributed by atoms with Crippen molar-refractivity contribution in [1.82, 2.24) is 5.32 Å². The summed E-state index contributed by atoms with van der Waals surface area (Å²) in [6.07, 6.45) is 68.7. The summed E-state index contributed by atoms with van der Waals surface area (Å²) in [5.74, 6) is -0.180. The maximum absolute atomic E-state index is 13.0. The van der Waals surface area contributed by atoms with Gasteiger partial charge in [0.2, 0.25) is 5.91 Å². The number of hydrogen-bond donors (Lipinski definition) is 3. The van der Waals surface area contributed by atoms with Crippen LogP contribution in [0.4, 0.5) is 0 Å². The van der Waals surface area contributed by atoms with Crippen molar-refractivity contribution in [1.29, 1.82) is 0 Å². The van der Waals surface area contributed by atoms with Crippen LogP contribution < -0.4 is 5.32 Å². The molecule has 0 aromatic heterocycles. The zero-order valence-corrected chi connectivity index (χ0v) is 49.1. The number of allylic oxidation sites excluding steroid dienone is 3. The van der Waals surface area contributed by atoms with Gasteiger partial charge in [-0.2, -0.15) is 0 Å². The lowest BCUT2D eigenvalue weighted by Gasteiger charge is -2.25. The third-order valence-corrected chi connectivity index (χ3v) is 15.4. The van der Waals surface area contributed by atoms with Crippen molar-refractivity contribution in [3.63, 3.8) is 0 Å². The molecule has 0 bridgehead atoms. The molecule has 3 unspecified atom stereocenters. The second-order valence-electron chi connectivity index (χ2n) is 22.8. The number of aliphatic hydroxyl groups is 1. The molecule has 0 saturated heterocycles. The Balaban J connectivity index is 4.16. The first kappa shape index (κ1) is 70.0. The molecule has 0 aliphatic rings. The fourth-order valence-electron chi connectivity index (χ4n) is 9.53. The fourth-order valence-corrected chi connectivity index (χ4v) is 10.3. The van der Waals surface area contributed by atoms with Crippen LogP contribution >= 0.6 is 7.82 Å². The molecule has 422 valence electrons. The van der Waals surface area contributed by atoms with Crippen LogP contribution in [-0.4, -0.2) is 73.4 Å². The van der Waals surface area contributed by atoms with E-state index < -0.39 is 20.0 Å². The van der Waals surface area contributed by atoms with Gasteiger partial charge in [0, 0.05) is 6.42 Å². The maximum Gasteiger partial charge on any atom is 0.472 e. The Bertz CT molecular complexity index is 1210. The van der Waals surface area contributed by atoms with Crippen LogP contribution in [0, 0.1) is 0 Å². The molecule has 0 aromatic rings. The Labute approximate surface area is 443 Å². The topological polar surface area (TPSA) is 105 Å². The van der Waals surface area contributed by atoms with Gasteiger partial charge in [0.1, 0.15) is 13.2 Å². The largest absolute Gasteiger partial charge is 0.472 e. The number of hydrogen-bond acceptors (Lipinski definition) is 5. The minimum Gasteiger partial charge on any atom is -0.387 e. The summed E-state index contributed by atoms with van der Waals surface area (Å²) in [5, 5.41) is 14.0. The highest BCUT2D eigenvalue weighted by Gasteiger charge is 2.27. The van der Waals surface area contributed by atoms with E-state index >= 15 is 0 Å². The number of carbonyl (C=O) groups is 1. The van der Waals surface area contributed by atoms with Gasteiger partial charge in [0.15, 0.2) is 0 Å². The summed E-state index contributed by atoms with van der Waals surface area (Å²) in [4.78, 5) is 23.3. The monoisotopic (exact) mass is 1020 g/mol. The average molecular weight is 1020 g/mol. The smallest absolute Gasteiger partial charge is 0.387 e. The number of phosphoric acid groups is 1. The Morgan fingerprint density at radius 2 is 0.775 bits per heavy atom. The molecule has 3 atom stereocenters. The molecule has 9 heteroatoms. The van der Waals surface area contributed by atoms with Crippen LogP contribution in [0.25, 0.3) is 0 Å². The van der Waals surface area contributed by atoms with Crippen molar-refractivity contribution in [2.45, 2.75) is 328 Å². The van der Waals surface area contributed by atoms with Crippen molar-refractivity contribution < 1.29 is 32.9 Å². The molecule has 0 saturated carbocycles. The van der Waals surface area contributed by atoms with Crippen LogP contribution in [0.1, 0.15) is 316 Å². The number of nitrogens with one attached hydrogen (secondary N) is 1. The fraction of sp³-hybridized carbons (Fsp3) is 0.919. The molecule has 0 rings (SSSR count). The van der Waals surface area contributed by atoms with Gasteiger partial charge in [0.25, 0.3) is 0 Å². The van der Waals surface area contributed by atoms with E-state index in [1.54, 1.807) is 6.08 Å². The minimum absolute atomic E-state index is 0.0589. The standard InChI is InChI=1S/C62H123N2O6P/c1-6-8-10-12-14-16-18-20-22-24-26-28-29-30-31-32-33-34-36-37-39-41-43-45-47-49-51-53-55-61(65)60(59-70-71(67,68)69-58-57-64(3,4)5)63-62(66)56-54-52-50-48-46-44-42-40-38-35-27-25-23-21-19-17-15-13-11-9-7-2/h45,47,53,55,60-61,65H,6-44,46,48-52,54,56-59H2,1-5H3,(H-,63,66,67,68)/p+1/b47-45+,55-53+. The zero-order valence-electron chi connectivity index (χ0n) is 48.2. The molecule has 0 aliphatic carbocycles. The Kier molecular flexibility index (Phi) is 53.0. The number of likely N-dealkylation sites (N-methyl/N-ethyl adjacent to an activating group) is 1. The van der Waals surface area contributed by atoms with Crippen molar-refractivity contribution >= 4 is 13.7 Å². The number of nitrogens with zero attached hydrogens (tertiary/aromatic N) is 1. The Hall–Kier alpha value is -1.02. The van der Waals surface area contributed by atoms with E-state index in [-0.39, 0.29) is 19.1 Å². The summed E-state index contributed by atoms with van der Waals surface area (Å²) < 4.78 is 23.7. The number of aliphatic hydroxyl groups excluding tert-OH is 1. The molecule has 0 spiro atoms. The van der Waals surface area contributed by atoms with Gasteiger partial charge in [-0.3, -0.25) is 13.8 Å². The molecule has 0 radical (unpaired) electrons. The van der Waals surface area contributed by atoms with E-state index in [4.69, 9.17) is 9.05 Å². The molecule has 0 heterocycles. The number of rotatable bonds is 58. The Morgan fingerprint density at radius 3 is 1.13 bits per heavy atom. The van der Waals surface area contributed by atoms with Crippen LogP contribution in [0.5, 0.6) is 0 Å². The first-order valence-electron chi connectivity index (χ1n) is 31.2. The zero-order chi connectivity index (χ0) is 52.0. The van der Waals surface area contributed by atoms with Gasteiger partial charge in [-0.05, 0) is 32.1 Å². The SMILES string of the molecule is CCCCCCCCCCCCCCCCCCCCCCCC/C=C/CC/C=C/C(O)C(COP(=O)(O)OCC[N+](C)(C)C)NC(=O)CCCCCCCCCCCCCCCCCCCCCCC. The molecule has 0 fully saturated rings. The van der Waals surface area contributed by atoms with Gasteiger partial charge in [-0.15, -0.1) is 0 Å². The second kappa shape index (κ2) is 53.8. The maximum atomic E-state index is 13.0. The van der Waals surface area contributed by atoms with Gasteiger partial charge in [-0.1, -0.05) is 301 Å². The van der Waals surface area contributed by atoms with E-state index in [0.717, 1.165) is 38.5 Å². The lowest BCUT2D eigenvalue weighted by molar-refractivity contribution is -0.870. The van der Waals surface area contributed by atoms with Crippen LogP contribution in [0.3, 0.4) is 0 Å². The van der Waals surface area contributed by atoms with Gasteiger partial charge < -0.3 is 19.8 Å².